The van der Waals surface area contributed by atoms with Crippen LogP contribution < -0.4 is 16.4 Å². The predicted octanol–water partition coefficient (Wildman–Crippen LogP) is 2.48. The first-order chi connectivity index (χ1) is 13.6. The monoisotopic (exact) mass is 513 g/mol. The second kappa shape index (κ2) is 11.7. The fraction of sp³-hybridized carbons (Fsp3) is 0.636. The van der Waals surface area contributed by atoms with E-state index in [0.717, 1.165) is 64.4 Å². The van der Waals surface area contributed by atoms with Gasteiger partial charge in [0, 0.05) is 31.5 Å². The summed E-state index contributed by atoms with van der Waals surface area (Å²) in [5, 5.41) is 6.95. The summed E-state index contributed by atoms with van der Waals surface area (Å²) in [4.78, 5) is 18.0. The van der Waals surface area contributed by atoms with Gasteiger partial charge in [0.05, 0.1) is 0 Å². The molecule has 1 aromatic rings. The molecule has 6 nitrogen and oxygen atoms in total. The summed E-state index contributed by atoms with van der Waals surface area (Å²) >= 11 is 0. The molecule has 1 amide bonds. The molecule has 3 rings (SSSR count). The summed E-state index contributed by atoms with van der Waals surface area (Å²) in [6.07, 6.45) is 6.57. The van der Waals surface area contributed by atoms with E-state index in [-0.39, 0.29) is 41.2 Å². The van der Waals surface area contributed by atoms with Gasteiger partial charge in [0.1, 0.15) is 0 Å². The first-order valence-corrected chi connectivity index (χ1v) is 10.6. The van der Waals surface area contributed by atoms with Crippen molar-refractivity contribution in [3.63, 3.8) is 0 Å². The molecule has 0 bridgehead atoms. The van der Waals surface area contributed by atoms with Crippen LogP contribution in [-0.4, -0.2) is 56.5 Å². The number of likely N-dealkylation sites (tertiary alicyclic amines) is 1. The third kappa shape index (κ3) is 7.13. The summed E-state index contributed by atoms with van der Waals surface area (Å²) in [6, 6.07) is 10.8. The lowest BCUT2D eigenvalue weighted by molar-refractivity contribution is -0.123. The van der Waals surface area contributed by atoms with Gasteiger partial charge < -0.3 is 21.3 Å². The molecule has 0 radical (unpaired) electrons. The lowest BCUT2D eigenvalue weighted by Gasteiger charge is -2.30. The highest BCUT2D eigenvalue weighted by atomic mass is 127. The molecule has 0 unspecified atom stereocenters. The third-order valence-electron chi connectivity index (χ3n) is 6.24. The number of benzene rings is 1. The Bertz CT molecular complexity index is 654. The van der Waals surface area contributed by atoms with Gasteiger partial charge in [-0.05, 0) is 63.7 Å². The second-order valence-corrected chi connectivity index (χ2v) is 8.22. The molecule has 29 heavy (non-hydrogen) atoms. The average Bonchev–Trinajstić information content (AvgIpc) is 3.52. The number of primary amides is 1. The molecule has 2 fully saturated rings. The lowest BCUT2D eigenvalue weighted by atomic mass is 9.96. The van der Waals surface area contributed by atoms with Gasteiger partial charge in [0.2, 0.25) is 5.91 Å². The number of aliphatic imine (C=N–C) groups is 1. The molecule has 0 aromatic heterocycles. The first-order valence-electron chi connectivity index (χ1n) is 10.6. The second-order valence-electron chi connectivity index (χ2n) is 8.22. The number of rotatable bonds is 9. The van der Waals surface area contributed by atoms with E-state index >= 15 is 0 Å². The van der Waals surface area contributed by atoms with Crippen molar-refractivity contribution < 1.29 is 4.79 Å². The molecule has 1 aromatic carbocycles. The van der Waals surface area contributed by atoms with E-state index in [1.165, 1.54) is 18.4 Å². The Hall–Kier alpha value is -1.35. The zero-order chi connectivity index (χ0) is 19.8. The highest BCUT2D eigenvalue weighted by Gasteiger charge is 2.43. The molecule has 1 saturated heterocycles. The highest BCUT2D eigenvalue weighted by molar-refractivity contribution is 14.0. The molecule has 2 aliphatic rings. The van der Waals surface area contributed by atoms with Crippen molar-refractivity contribution in [2.45, 2.75) is 43.9 Å². The fourth-order valence-electron chi connectivity index (χ4n) is 4.09. The van der Waals surface area contributed by atoms with Crippen molar-refractivity contribution >= 4 is 35.8 Å². The number of hydrogen-bond acceptors (Lipinski definition) is 3. The zero-order valence-corrected chi connectivity index (χ0v) is 19.9. The summed E-state index contributed by atoms with van der Waals surface area (Å²) in [6.45, 7) is 4.94. The minimum absolute atomic E-state index is 0. The number of carbonyl (C=O) groups is 1. The van der Waals surface area contributed by atoms with Crippen molar-refractivity contribution in [1.82, 2.24) is 15.5 Å². The number of halogens is 1. The lowest BCUT2D eigenvalue weighted by Crippen LogP contribution is -2.42. The van der Waals surface area contributed by atoms with Crippen molar-refractivity contribution in [3.05, 3.63) is 35.9 Å². The number of nitrogens with two attached hydrogens (primary N) is 1. The smallest absolute Gasteiger partial charge is 0.220 e. The Morgan fingerprint density at radius 2 is 1.86 bits per heavy atom. The summed E-state index contributed by atoms with van der Waals surface area (Å²) in [5.74, 6) is 0.838. The van der Waals surface area contributed by atoms with Gasteiger partial charge >= 0.3 is 0 Å². The minimum atomic E-state index is -0.136. The van der Waals surface area contributed by atoms with E-state index in [1.54, 1.807) is 0 Å². The van der Waals surface area contributed by atoms with Crippen LogP contribution in [0.1, 0.15) is 44.1 Å². The average molecular weight is 513 g/mol. The summed E-state index contributed by atoms with van der Waals surface area (Å²) in [5.41, 5.74) is 7.12. The number of piperidine rings is 1. The van der Waals surface area contributed by atoms with Crippen LogP contribution in [0.2, 0.25) is 0 Å². The number of unbranched alkanes of at least 4 members (excludes halogenated alkanes) is 1. The number of hydrogen-bond donors (Lipinski definition) is 3. The summed E-state index contributed by atoms with van der Waals surface area (Å²) < 4.78 is 0. The number of carbonyl (C=O) groups excluding carboxylic acids is 1. The van der Waals surface area contributed by atoms with Crippen molar-refractivity contribution in [2.75, 3.05) is 39.8 Å². The van der Waals surface area contributed by atoms with Gasteiger partial charge in [0.15, 0.2) is 5.96 Å². The van der Waals surface area contributed by atoms with E-state index in [1.807, 2.05) is 7.05 Å². The Morgan fingerprint density at radius 3 is 2.45 bits per heavy atom. The molecule has 0 spiro atoms. The Kier molecular flexibility index (Phi) is 9.68. The molecule has 4 N–H and O–H groups in total. The number of nitrogens with zero attached hydrogens (tertiary/aromatic N) is 2. The van der Waals surface area contributed by atoms with E-state index in [4.69, 9.17) is 5.73 Å². The van der Waals surface area contributed by atoms with Gasteiger partial charge in [-0.2, -0.15) is 0 Å². The number of guanidine groups is 1. The Morgan fingerprint density at radius 1 is 1.17 bits per heavy atom. The number of nitrogens with one attached hydrogen (secondary N) is 2. The normalized spacial score (nSPS) is 19.3. The maximum Gasteiger partial charge on any atom is 0.220 e. The molecule has 0 atom stereocenters. The maximum atomic E-state index is 11.2. The van der Waals surface area contributed by atoms with Crippen molar-refractivity contribution in [1.29, 1.82) is 0 Å². The van der Waals surface area contributed by atoms with Crippen LogP contribution in [0.5, 0.6) is 0 Å². The molecule has 7 heteroatoms. The largest absolute Gasteiger partial charge is 0.369 e. The van der Waals surface area contributed by atoms with Gasteiger partial charge in [-0.15, -0.1) is 24.0 Å². The molecule has 1 aliphatic heterocycles. The van der Waals surface area contributed by atoms with Gasteiger partial charge in [0.25, 0.3) is 0 Å². The van der Waals surface area contributed by atoms with Crippen LogP contribution >= 0.6 is 24.0 Å². The first kappa shape index (κ1) is 23.9. The quantitative estimate of drug-likeness (QED) is 0.205. The topological polar surface area (TPSA) is 82.8 Å². The predicted molar refractivity (Wildman–Crippen MR) is 130 cm³/mol. The highest BCUT2D eigenvalue weighted by Crippen LogP contribution is 2.47. The van der Waals surface area contributed by atoms with Gasteiger partial charge in [-0.3, -0.25) is 9.79 Å². The Balaban J connectivity index is 0.00000300. The van der Waals surface area contributed by atoms with Crippen LogP contribution in [-0.2, 0) is 10.2 Å². The minimum Gasteiger partial charge on any atom is -0.369 e. The van der Waals surface area contributed by atoms with Crippen molar-refractivity contribution in [3.8, 4) is 0 Å². The van der Waals surface area contributed by atoms with E-state index in [0.29, 0.717) is 0 Å². The summed E-state index contributed by atoms with van der Waals surface area (Å²) in [7, 11) is 1.83. The third-order valence-corrected chi connectivity index (χ3v) is 6.24. The SMILES string of the molecule is CN=C(NCCCCN1CCC(C(N)=O)CC1)NCC1(c2ccccc2)CC1.I. The van der Waals surface area contributed by atoms with Gasteiger partial charge in [-0.1, -0.05) is 30.3 Å². The van der Waals surface area contributed by atoms with E-state index in [9.17, 15) is 4.79 Å². The standard InChI is InChI=1S/C22H35N5O.HI/c1-24-21(26-17-22(11-12-22)19-7-3-2-4-8-19)25-13-5-6-14-27-15-9-18(10-16-27)20(23)28;/h2-4,7-8,18H,5-6,9-17H2,1H3,(H2,23,28)(H2,24,25,26);1H. The van der Waals surface area contributed by atoms with E-state index in [2.05, 4.69) is 50.9 Å². The molecule has 1 heterocycles. The van der Waals surface area contributed by atoms with Gasteiger partial charge in [-0.25, -0.2) is 0 Å². The van der Waals surface area contributed by atoms with Crippen LogP contribution in [0.3, 0.4) is 0 Å². The molecule has 1 saturated carbocycles. The zero-order valence-electron chi connectivity index (χ0n) is 17.5. The van der Waals surface area contributed by atoms with E-state index < -0.39 is 0 Å². The maximum absolute atomic E-state index is 11.2. The molecular formula is C22H36IN5O. The van der Waals surface area contributed by atoms with Crippen LogP contribution in [0.25, 0.3) is 0 Å². The molecular weight excluding hydrogens is 477 g/mol. The molecule has 1 aliphatic carbocycles. The Labute approximate surface area is 192 Å². The van der Waals surface area contributed by atoms with Crippen LogP contribution in [0, 0.1) is 5.92 Å². The molecule has 162 valence electrons. The van der Waals surface area contributed by atoms with Crippen LogP contribution in [0.4, 0.5) is 0 Å². The number of amides is 1. The van der Waals surface area contributed by atoms with Crippen LogP contribution in [0.15, 0.2) is 35.3 Å². The van der Waals surface area contributed by atoms with Crippen molar-refractivity contribution in [2.24, 2.45) is 16.6 Å². The fourth-order valence-corrected chi connectivity index (χ4v) is 4.09.